The van der Waals surface area contributed by atoms with E-state index in [-0.39, 0.29) is 5.82 Å². The van der Waals surface area contributed by atoms with Gasteiger partial charge < -0.3 is 10.0 Å². The van der Waals surface area contributed by atoms with Crippen molar-refractivity contribution < 1.29 is 9.50 Å². The van der Waals surface area contributed by atoms with E-state index in [1.165, 1.54) is 6.07 Å². The Labute approximate surface area is 111 Å². The number of nitrogens with zero attached hydrogens (tertiary/aromatic N) is 1. The molecule has 0 saturated carbocycles. The molecule has 2 bridgehead atoms. The fourth-order valence-corrected chi connectivity index (χ4v) is 3.09. The molecule has 3 fully saturated rings. The Morgan fingerprint density at radius 3 is 2.67 bits per heavy atom. The van der Waals surface area contributed by atoms with Gasteiger partial charge in [0.2, 0.25) is 0 Å². The van der Waals surface area contributed by atoms with Crippen LogP contribution >= 0.6 is 11.6 Å². The van der Waals surface area contributed by atoms with Gasteiger partial charge in [0, 0.05) is 24.4 Å². The minimum Gasteiger partial charge on any atom is -0.387 e. The molecule has 0 spiro atoms. The first-order valence-corrected chi connectivity index (χ1v) is 6.63. The summed E-state index contributed by atoms with van der Waals surface area (Å²) >= 11 is 6.01. The summed E-state index contributed by atoms with van der Waals surface area (Å²) < 4.78 is 13.7. The molecule has 1 atom stereocenters. The summed E-state index contributed by atoms with van der Waals surface area (Å²) in [5, 5.41) is 10.6. The number of hydrogen-bond donors (Lipinski definition) is 1. The van der Waals surface area contributed by atoms with Crippen LogP contribution in [0.15, 0.2) is 23.9 Å². The molecule has 1 N–H and O–H groups in total. The van der Waals surface area contributed by atoms with Gasteiger partial charge in [-0.05, 0) is 37.0 Å². The second-order valence-electron chi connectivity index (χ2n) is 4.97. The van der Waals surface area contributed by atoms with Crippen molar-refractivity contribution in [2.75, 3.05) is 13.1 Å². The first-order chi connectivity index (χ1) is 8.66. The van der Waals surface area contributed by atoms with Gasteiger partial charge >= 0.3 is 0 Å². The van der Waals surface area contributed by atoms with Gasteiger partial charge in [0.15, 0.2) is 0 Å². The SMILES string of the molecule is OC1/C(=C/c2c(F)cccc2Cl)N2CCC1CC2. The number of aliphatic hydroxyl groups is 1. The first-order valence-electron chi connectivity index (χ1n) is 6.25. The maximum atomic E-state index is 13.7. The van der Waals surface area contributed by atoms with E-state index in [0.717, 1.165) is 31.6 Å². The van der Waals surface area contributed by atoms with Gasteiger partial charge in [-0.25, -0.2) is 4.39 Å². The van der Waals surface area contributed by atoms with E-state index in [4.69, 9.17) is 11.6 Å². The monoisotopic (exact) mass is 267 g/mol. The fraction of sp³-hybridized carbons (Fsp3) is 0.429. The second-order valence-corrected chi connectivity index (χ2v) is 5.38. The number of aliphatic hydroxyl groups excluding tert-OH is 1. The van der Waals surface area contributed by atoms with Gasteiger partial charge in [0.05, 0.1) is 11.1 Å². The van der Waals surface area contributed by atoms with Crippen molar-refractivity contribution in [3.8, 4) is 0 Å². The molecule has 3 saturated heterocycles. The maximum Gasteiger partial charge on any atom is 0.131 e. The van der Waals surface area contributed by atoms with Gasteiger partial charge in [-0.3, -0.25) is 0 Å². The average Bonchev–Trinajstić information content (AvgIpc) is 2.37. The van der Waals surface area contributed by atoms with Crippen LogP contribution in [0.3, 0.4) is 0 Å². The molecule has 0 aliphatic carbocycles. The van der Waals surface area contributed by atoms with Crippen LogP contribution in [0, 0.1) is 11.7 Å². The fourth-order valence-electron chi connectivity index (χ4n) is 2.88. The molecule has 1 aromatic carbocycles. The standard InChI is InChI=1S/C14H15ClFNO/c15-11-2-1-3-12(16)10(11)8-13-14(18)9-4-6-17(13)7-5-9/h1-3,8-9,14,18H,4-7H2/b13-8-. The molecule has 1 unspecified atom stereocenters. The average molecular weight is 268 g/mol. The molecule has 4 rings (SSSR count). The van der Waals surface area contributed by atoms with Gasteiger partial charge in [-0.1, -0.05) is 17.7 Å². The Kier molecular flexibility index (Phi) is 3.04. The van der Waals surface area contributed by atoms with Crippen LogP contribution in [0.2, 0.25) is 5.02 Å². The number of halogens is 2. The molecule has 2 nitrogen and oxygen atoms in total. The highest BCUT2D eigenvalue weighted by atomic mass is 35.5. The summed E-state index contributed by atoms with van der Waals surface area (Å²) in [6.45, 7) is 1.89. The number of rotatable bonds is 1. The third-order valence-corrected chi connectivity index (χ3v) is 4.28. The molecule has 3 heterocycles. The Morgan fingerprint density at radius 1 is 1.33 bits per heavy atom. The Balaban J connectivity index is 2.01. The van der Waals surface area contributed by atoms with Crippen LogP contribution in [0.25, 0.3) is 6.08 Å². The second kappa shape index (κ2) is 4.56. The predicted octanol–water partition coefficient (Wildman–Crippen LogP) is 2.91. The zero-order valence-electron chi connectivity index (χ0n) is 9.94. The third-order valence-electron chi connectivity index (χ3n) is 3.95. The number of fused-ring (bicyclic) bond motifs is 3. The summed E-state index contributed by atoms with van der Waals surface area (Å²) in [7, 11) is 0. The van der Waals surface area contributed by atoms with Gasteiger partial charge in [0.25, 0.3) is 0 Å². The molecule has 3 aliphatic rings. The highest BCUT2D eigenvalue weighted by Crippen LogP contribution is 2.36. The van der Waals surface area contributed by atoms with Crippen LogP contribution in [-0.2, 0) is 0 Å². The summed E-state index contributed by atoms with van der Waals surface area (Å²) in [4.78, 5) is 2.13. The van der Waals surface area contributed by atoms with Gasteiger partial charge in [0.1, 0.15) is 5.82 Å². The van der Waals surface area contributed by atoms with E-state index in [1.54, 1.807) is 18.2 Å². The summed E-state index contributed by atoms with van der Waals surface area (Å²) in [5.74, 6) is -0.0309. The van der Waals surface area contributed by atoms with Crippen molar-refractivity contribution in [3.63, 3.8) is 0 Å². The molecule has 0 amide bonds. The zero-order chi connectivity index (χ0) is 12.7. The van der Waals surface area contributed by atoms with Crippen LogP contribution in [0.5, 0.6) is 0 Å². The topological polar surface area (TPSA) is 23.5 Å². The van der Waals surface area contributed by atoms with E-state index < -0.39 is 6.10 Å². The molecule has 4 heteroatoms. The maximum absolute atomic E-state index is 13.7. The van der Waals surface area contributed by atoms with Crippen LogP contribution in [-0.4, -0.2) is 29.2 Å². The molecule has 1 aromatic rings. The molecule has 0 radical (unpaired) electrons. The number of piperidine rings is 3. The van der Waals surface area contributed by atoms with Crippen molar-refractivity contribution in [1.29, 1.82) is 0 Å². The van der Waals surface area contributed by atoms with Crippen molar-refractivity contribution in [2.24, 2.45) is 5.92 Å². The van der Waals surface area contributed by atoms with Crippen LogP contribution < -0.4 is 0 Å². The van der Waals surface area contributed by atoms with E-state index in [2.05, 4.69) is 4.90 Å². The Hall–Kier alpha value is -1.06. The lowest BCUT2D eigenvalue weighted by Gasteiger charge is -2.46. The molecule has 18 heavy (non-hydrogen) atoms. The van der Waals surface area contributed by atoms with Gasteiger partial charge in [-0.15, -0.1) is 0 Å². The minimum atomic E-state index is -0.483. The predicted molar refractivity (Wildman–Crippen MR) is 69.7 cm³/mol. The summed E-state index contributed by atoms with van der Waals surface area (Å²) in [6.07, 6.45) is 3.25. The highest BCUT2D eigenvalue weighted by molar-refractivity contribution is 6.32. The van der Waals surface area contributed by atoms with E-state index in [9.17, 15) is 9.50 Å². The van der Waals surface area contributed by atoms with E-state index in [0.29, 0.717) is 16.5 Å². The number of hydrogen-bond acceptors (Lipinski definition) is 2. The lowest BCUT2D eigenvalue weighted by atomic mass is 9.83. The van der Waals surface area contributed by atoms with Crippen LogP contribution in [0.1, 0.15) is 18.4 Å². The van der Waals surface area contributed by atoms with E-state index >= 15 is 0 Å². The van der Waals surface area contributed by atoms with Crippen molar-refractivity contribution >= 4 is 17.7 Å². The first kappa shape index (κ1) is 12.0. The van der Waals surface area contributed by atoms with Crippen LogP contribution in [0.4, 0.5) is 4.39 Å². The largest absolute Gasteiger partial charge is 0.387 e. The normalized spacial score (nSPS) is 29.1. The number of benzene rings is 1. The van der Waals surface area contributed by atoms with Gasteiger partial charge in [-0.2, -0.15) is 0 Å². The molecule has 3 aliphatic heterocycles. The van der Waals surface area contributed by atoms with Crippen molar-refractivity contribution in [3.05, 3.63) is 40.3 Å². The minimum absolute atomic E-state index is 0.312. The third kappa shape index (κ3) is 1.91. The highest BCUT2D eigenvalue weighted by Gasteiger charge is 2.36. The molecular weight excluding hydrogens is 253 g/mol. The van der Waals surface area contributed by atoms with E-state index in [1.807, 2.05) is 0 Å². The molecule has 96 valence electrons. The molecular formula is C14H15ClFNO. The Morgan fingerprint density at radius 2 is 2.06 bits per heavy atom. The summed E-state index contributed by atoms with van der Waals surface area (Å²) in [6, 6.07) is 4.64. The van der Waals surface area contributed by atoms with Crippen molar-refractivity contribution in [1.82, 2.24) is 4.90 Å². The quantitative estimate of drug-likeness (QED) is 0.846. The lowest BCUT2D eigenvalue weighted by molar-refractivity contribution is 0.0215. The Bertz CT molecular complexity index is 470. The lowest BCUT2D eigenvalue weighted by Crippen LogP contribution is -2.48. The zero-order valence-corrected chi connectivity index (χ0v) is 10.7. The van der Waals surface area contributed by atoms with Crippen molar-refractivity contribution in [2.45, 2.75) is 18.9 Å². The smallest absolute Gasteiger partial charge is 0.131 e. The molecule has 0 aromatic heterocycles. The summed E-state index contributed by atoms with van der Waals surface area (Å²) in [5.41, 5.74) is 1.19.